The third-order valence-corrected chi connectivity index (χ3v) is 4.26. The van der Waals surface area contributed by atoms with Gasteiger partial charge in [0.2, 0.25) is 11.6 Å². The number of hydrogen-bond donors (Lipinski definition) is 2. The number of aromatic nitrogens is 1. The highest BCUT2D eigenvalue weighted by atomic mass is 19.1. The van der Waals surface area contributed by atoms with Crippen LogP contribution in [0.4, 0.5) is 10.1 Å². The summed E-state index contributed by atoms with van der Waals surface area (Å²) in [4.78, 5) is 37.6. The van der Waals surface area contributed by atoms with Crippen LogP contribution in [0.1, 0.15) is 12.0 Å². The number of carbonyl (C=O) groups excluding carboxylic acids is 1. The van der Waals surface area contributed by atoms with Crippen molar-refractivity contribution >= 4 is 28.5 Å². The molecular formula is C15H14FN3O5. The Morgan fingerprint density at radius 1 is 1.46 bits per heavy atom. The highest BCUT2D eigenvalue weighted by molar-refractivity contribution is 5.91. The van der Waals surface area contributed by atoms with Gasteiger partial charge < -0.3 is 15.0 Å². The van der Waals surface area contributed by atoms with Gasteiger partial charge in [-0.05, 0) is 11.6 Å². The SMILES string of the molecule is O=C(Cc1c[nH]c2ccc([N+](=O)[O-])cc12)N1CCC(F)(C(=O)O)C1. The Labute approximate surface area is 135 Å². The average molecular weight is 335 g/mol. The summed E-state index contributed by atoms with van der Waals surface area (Å²) < 4.78 is 14.0. The van der Waals surface area contributed by atoms with Gasteiger partial charge in [0.1, 0.15) is 0 Å². The molecular weight excluding hydrogens is 321 g/mol. The molecule has 8 nitrogen and oxygen atoms in total. The third kappa shape index (κ3) is 2.68. The van der Waals surface area contributed by atoms with Crippen LogP contribution in [-0.4, -0.2) is 50.5 Å². The van der Waals surface area contributed by atoms with E-state index in [-0.39, 0.29) is 25.1 Å². The number of nitro benzene ring substituents is 1. The van der Waals surface area contributed by atoms with Gasteiger partial charge in [-0.2, -0.15) is 0 Å². The van der Waals surface area contributed by atoms with Crippen molar-refractivity contribution in [2.45, 2.75) is 18.5 Å². The summed E-state index contributed by atoms with van der Waals surface area (Å²) in [6.45, 7) is -0.451. The van der Waals surface area contributed by atoms with Gasteiger partial charge in [0, 0.05) is 42.2 Å². The molecule has 2 heterocycles. The monoisotopic (exact) mass is 335 g/mol. The van der Waals surface area contributed by atoms with Gasteiger partial charge in [0.05, 0.1) is 17.9 Å². The largest absolute Gasteiger partial charge is 0.479 e. The molecule has 0 aliphatic carbocycles. The predicted octanol–water partition coefficient (Wildman–Crippen LogP) is 1.64. The van der Waals surface area contributed by atoms with Crippen LogP contribution in [0.3, 0.4) is 0 Å². The lowest BCUT2D eigenvalue weighted by atomic mass is 10.1. The summed E-state index contributed by atoms with van der Waals surface area (Å²) in [6, 6.07) is 4.28. The van der Waals surface area contributed by atoms with Crippen LogP contribution in [0.2, 0.25) is 0 Å². The quantitative estimate of drug-likeness (QED) is 0.651. The van der Waals surface area contributed by atoms with Crippen molar-refractivity contribution in [3.05, 3.63) is 40.1 Å². The Hall–Kier alpha value is -2.97. The molecule has 1 aromatic carbocycles. The van der Waals surface area contributed by atoms with E-state index in [2.05, 4.69) is 4.98 Å². The number of non-ortho nitro benzene ring substituents is 1. The summed E-state index contributed by atoms with van der Waals surface area (Å²) in [6.07, 6.45) is 1.24. The van der Waals surface area contributed by atoms with E-state index in [4.69, 9.17) is 5.11 Å². The molecule has 0 saturated carbocycles. The maximum absolute atomic E-state index is 14.0. The summed E-state index contributed by atoms with van der Waals surface area (Å²) in [7, 11) is 0. The second kappa shape index (κ2) is 5.59. The van der Waals surface area contributed by atoms with Gasteiger partial charge >= 0.3 is 5.97 Å². The van der Waals surface area contributed by atoms with Crippen LogP contribution in [0.5, 0.6) is 0 Å². The number of aliphatic carboxylic acids is 1. The fourth-order valence-electron chi connectivity index (χ4n) is 2.86. The first-order valence-electron chi connectivity index (χ1n) is 7.25. The minimum Gasteiger partial charge on any atom is -0.479 e. The first kappa shape index (κ1) is 15.9. The van der Waals surface area contributed by atoms with Crippen LogP contribution in [0.15, 0.2) is 24.4 Å². The van der Waals surface area contributed by atoms with Crippen molar-refractivity contribution in [3.63, 3.8) is 0 Å². The second-order valence-corrected chi connectivity index (χ2v) is 5.81. The minimum absolute atomic E-state index is 0.0319. The highest BCUT2D eigenvalue weighted by Gasteiger charge is 2.46. The molecule has 1 aliphatic heterocycles. The number of likely N-dealkylation sites (tertiary alicyclic amines) is 1. The number of halogens is 1. The minimum atomic E-state index is -2.41. The smallest absolute Gasteiger partial charge is 0.343 e. The predicted molar refractivity (Wildman–Crippen MR) is 81.3 cm³/mol. The number of carboxylic acids is 1. The van der Waals surface area contributed by atoms with E-state index in [1.54, 1.807) is 12.3 Å². The number of fused-ring (bicyclic) bond motifs is 1. The third-order valence-electron chi connectivity index (χ3n) is 4.26. The molecule has 0 spiro atoms. The van der Waals surface area contributed by atoms with Gasteiger partial charge in [0.15, 0.2) is 0 Å². The van der Waals surface area contributed by atoms with E-state index in [0.717, 1.165) is 0 Å². The lowest BCUT2D eigenvalue weighted by molar-refractivity contribution is -0.384. The van der Waals surface area contributed by atoms with Crippen molar-refractivity contribution in [1.82, 2.24) is 9.88 Å². The van der Waals surface area contributed by atoms with E-state index < -0.39 is 29.0 Å². The van der Waals surface area contributed by atoms with Crippen molar-refractivity contribution in [2.75, 3.05) is 13.1 Å². The van der Waals surface area contributed by atoms with E-state index >= 15 is 0 Å². The Kier molecular flexibility index (Phi) is 3.70. The Morgan fingerprint density at radius 3 is 2.83 bits per heavy atom. The number of benzene rings is 1. The highest BCUT2D eigenvalue weighted by Crippen LogP contribution is 2.28. The van der Waals surface area contributed by atoms with E-state index in [9.17, 15) is 24.1 Å². The number of carboxylic acid groups (broad SMARTS) is 1. The number of nitrogens with zero attached hydrogens (tertiary/aromatic N) is 2. The maximum Gasteiger partial charge on any atom is 0.343 e. The Bertz CT molecular complexity index is 849. The molecule has 126 valence electrons. The molecule has 9 heteroatoms. The number of aromatic amines is 1. The topological polar surface area (TPSA) is 117 Å². The number of amides is 1. The molecule has 2 N–H and O–H groups in total. The number of hydrogen-bond acceptors (Lipinski definition) is 4. The fraction of sp³-hybridized carbons (Fsp3) is 0.333. The zero-order valence-electron chi connectivity index (χ0n) is 12.5. The first-order chi connectivity index (χ1) is 11.3. The molecule has 1 fully saturated rings. The molecule has 1 aromatic heterocycles. The van der Waals surface area contributed by atoms with Crippen molar-refractivity contribution in [3.8, 4) is 0 Å². The molecule has 1 unspecified atom stereocenters. The molecule has 2 aromatic rings. The van der Waals surface area contributed by atoms with E-state index in [1.165, 1.54) is 17.0 Å². The number of alkyl halides is 1. The number of rotatable bonds is 4. The summed E-state index contributed by atoms with van der Waals surface area (Å²) >= 11 is 0. The zero-order valence-corrected chi connectivity index (χ0v) is 12.5. The fourth-order valence-corrected chi connectivity index (χ4v) is 2.86. The van der Waals surface area contributed by atoms with E-state index in [1.807, 2.05) is 0 Å². The molecule has 3 rings (SSSR count). The summed E-state index contributed by atoms with van der Waals surface area (Å²) in [5, 5.41) is 20.3. The standard InChI is InChI=1S/C15H14FN3O5/c16-15(14(21)22)3-4-18(8-15)13(20)5-9-7-17-12-2-1-10(19(23)24)6-11(9)12/h1-2,6-7,17H,3-5,8H2,(H,21,22). The summed E-state index contributed by atoms with van der Waals surface area (Å²) in [5.41, 5.74) is -1.31. The molecule has 0 radical (unpaired) electrons. The van der Waals surface area contributed by atoms with Crippen LogP contribution in [-0.2, 0) is 16.0 Å². The Morgan fingerprint density at radius 2 is 2.21 bits per heavy atom. The molecule has 1 amide bonds. The van der Waals surface area contributed by atoms with Gasteiger partial charge in [-0.25, -0.2) is 9.18 Å². The van der Waals surface area contributed by atoms with Crippen molar-refractivity contribution < 1.29 is 24.0 Å². The zero-order chi connectivity index (χ0) is 17.5. The van der Waals surface area contributed by atoms with Gasteiger partial charge in [0.25, 0.3) is 5.69 Å². The number of nitro groups is 1. The van der Waals surface area contributed by atoms with Crippen LogP contribution in [0.25, 0.3) is 10.9 Å². The average Bonchev–Trinajstić information content (AvgIpc) is 3.12. The molecule has 24 heavy (non-hydrogen) atoms. The van der Waals surface area contributed by atoms with Crippen LogP contribution < -0.4 is 0 Å². The molecule has 1 atom stereocenters. The van der Waals surface area contributed by atoms with Crippen molar-refractivity contribution in [1.29, 1.82) is 0 Å². The molecule has 0 bridgehead atoms. The van der Waals surface area contributed by atoms with Gasteiger partial charge in [-0.15, -0.1) is 0 Å². The van der Waals surface area contributed by atoms with Crippen LogP contribution in [0, 0.1) is 10.1 Å². The number of H-pyrrole nitrogens is 1. The molecule has 1 saturated heterocycles. The number of nitrogens with one attached hydrogen (secondary N) is 1. The van der Waals surface area contributed by atoms with Crippen molar-refractivity contribution in [2.24, 2.45) is 0 Å². The lowest BCUT2D eigenvalue weighted by Gasteiger charge is -2.17. The first-order valence-corrected chi connectivity index (χ1v) is 7.25. The van der Waals surface area contributed by atoms with E-state index in [0.29, 0.717) is 16.5 Å². The molecule has 1 aliphatic rings. The second-order valence-electron chi connectivity index (χ2n) is 5.81. The normalized spacial score (nSPS) is 20.5. The lowest BCUT2D eigenvalue weighted by Crippen LogP contribution is -2.39. The number of carbonyl (C=O) groups is 2. The Balaban J connectivity index is 1.80. The van der Waals surface area contributed by atoms with Gasteiger partial charge in [-0.1, -0.05) is 0 Å². The van der Waals surface area contributed by atoms with Gasteiger partial charge in [-0.3, -0.25) is 14.9 Å². The maximum atomic E-state index is 14.0. The summed E-state index contributed by atoms with van der Waals surface area (Å²) in [5.74, 6) is -1.98. The van der Waals surface area contributed by atoms with Crippen LogP contribution >= 0.6 is 0 Å².